The summed E-state index contributed by atoms with van der Waals surface area (Å²) in [5.41, 5.74) is 7.30. The summed E-state index contributed by atoms with van der Waals surface area (Å²) in [7, 11) is 0. The van der Waals surface area contributed by atoms with Crippen LogP contribution in [0.15, 0.2) is 24.3 Å². The van der Waals surface area contributed by atoms with E-state index < -0.39 is 0 Å². The molecule has 4 heteroatoms. The maximum Gasteiger partial charge on any atom is 0.0489 e. The van der Waals surface area contributed by atoms with Gasteiger partial charge in [0.2, 0.25) is 0 Å². The van der Waals surface area contributed by atoms with Crippen LogP contribution in [0.3, 0.4) is 0 Å². The standard InChI is InChI=1S/C17H26ClN3/c1-13-11-20-9-5-4-6-14(20)12-21(13)17(10-19)15-7-2-3-8-16(15)18/h2-3,7-8,13-14,17H,4-6,9-12,19H2,1H3. The molecule has 2 N–H and O–H groups in total. The predicted octanol–water partition coefficient (Wildman–Crippen LogP) is 2.90. The Morgan fingerprint density at radius 1 is 1.29 bits per heavy atom. The van der Waals surface area contributed by atoms with Crippen LogP contribution in [0.25, 0.3) is 0 Å². The lowest BCUT2D eigenvalue weighted by molar-refractivity contribution is -0.00664. The number of nitrogens with two attached hydrogens (primary N) is 1. The largest absolute Gasteiger partial charge is 0.329 e. The molecule has 116 valence electrons. The molecule has 0 radical (unpaired) electrons. The van der Waals surface area contributed by atoms with Crippen LogP contribution in [0.2, 0.25) is 5.02 Å². The van der Waals surface area contributed by atoms with Crippen molar-refractivity contribution in [3.8, 4) is 0 Å². The van der Waals surface area contributed by atoms with Gasteiger partial charge >= 0.3 is 0 Å². The fraction of sp³-hybridized carbons (Fsp3) is 0.647. The smallest absolute Gasteiger partial charge is 0.0489 e. The van der Waals surface area contributed by atoms with Gasteiger partial charge in [0.25, 0.3) is 0 Å². The van der Waals surface area contributed by atoms with Gasteiger partial charge in [0.05, 0.1) is 0 Å². The number of benzene rings is 1. The zero-order valence-electron chi connectivity index (χ0n) is 12.8. The fourth-order valence-electron chi connectivity index (χ4n) is 4.00. The van der Waals surface area contributed by atoms with Crippen LogP contribution >= 0.6 is 11.6 Å². The van der Waals surface area contributed by atoms with Gasteiger partial charge < -0.3 is 5.73 Å². The number of halogens is 1. The first-order valence-electron chi connectivity index (χ1n) is 8.15. The molecule has 2 aliphatic heterocycles. The summed E-state index contributed by atoms with van der Waals surface area (Å²) in [4.78, 5) is 5.25. The van der Waals surface area contributed by atoms with Gasteiger partial charge in [0.15, 0.2) is 0 Å². The number of piperazine rings is 1. The van der Waals surface area contributed by atoms with Crippen molar-refractivity contribution in [2.24, 2.45) is 5.73 Å². The minimum atomic E-state index is 0.234. The zero-order valence-corrected chi connectivity index (χ0v) is 13.6. The van der Waals surface area contributed by atoms with E-state index in [-0.39, 0.29) is 6.04 Å². The molecule has 0 amide bonds. The quantitative estimate of drug-likeness (QED) is 0.932. The van der Waals surface area contributed by atoms with E-state index in [1.165, 1.54) is 31.4 Å². The molecule has 3 unspecified atom stereocenters. The number of hydrogen-bond donors (Lipinski definition) is 1. The molecule has 0 bridgehead atoms. The van der Waals surface area contributed by atoms with Gasteiger partial charge in [-0.2, -0.15) is 0 Å². The molecule has 0 saturated carbocycles. The average molecular weight is 308 g/mol. The molecular weight excluding hydrogens is 282 g/mol. The summed E-state index contributed by atoms with van der Waals surface area (Å²) < 4.78 is 0. The molecule has 3 nitrogen and oxygen atoms in total. The zero-order chi connectivity index (χ0) is 14.8. The second-order valence-electron chi connectivity index (χ2n) is 6.46. The maximum atomic E-state index is 6.41. The van der Waals surface area contributed by atoms with Crippen molar-refractivity contribution in [3.05, 3.63) is 34.9 Å². The highest BCUT2D eigenvalue weighted by molar-refractivity contribution is 6.31. The molecule has 1 aromatic rings. The predicted molar refractivity (Wildman–Crippen MR) is 88.6 cm³/mol. The second-order valence-corrected chi connectivity index (χ2v) is 6.87. The topological polar surface area (TPSA) is 32.5 Å². The molecule has 2 aliphatic rings. The summed E-state index contributed by atoms with van der Waals surface area (Å²) in [6.07, 6.45) is 4.04. The van der Waals surface area contributed by atoms with Gasteiger partial charge in [-0.05, 0) is 37.9 Å². The number of piperidine rings is 1. The Kier molecular flexibility index (Phi) is 4.85. The molecule has 21 heavy (non-hydrogen) atoms. The van der Waals surface area contributed by atoms with Gasteiger partial charge in [0, 0.05) is 42.8 Å². The van der Waals surface area contributed by atoms with E-state index in [9.17, 15) is 0 Å². The summed E-state index contributed by atoms with van der Waals surface area (Å²) >= 11 is 6.41. The van der Waals surface area contributed by atoms with Crippen molar-refractivity contribution in [1.82, 2.24) is 9.80 Å². The highest BCUT2D eigenvalue weighted by Gasteiger charge is 2.36. The third kappa shape index (κ3) is 3.11. The van der Waals surface area contributed by atoms with Crippen molar-refractivity contribution >= 4 is 11.6 Å². The monoisotopic (exact) mass is 307 g/mol. The summed E-state index contributed by atoms with van der Waals surface area (Å²) in [6, 6.07) is 9.61. The van der Waals surface area contributed by atoms with Crippen LogP contribution in [-0.2, 0) is 0 Å². The Bertz CT molecular complexity index is 479. The Hall–Kier alpha value is -0.610. The van der Waals surface area contributed by atoms with Crippen LogP contribution in [0.5, 0.6) is 0 Å². The summed E-state index contributed by atoms with van der Waals surface area (Å²) in [5.74, 6) is 0. The summed E-state index contributed by atoms with van der Waals surface area (Å²) in [5, 5.41) is 0.839. The highest BCUT2D eigenvalue weighted by Crippen LogP contribution is 2.33. The third-order valence-corrected chi connectivity index (χ3v) is 5.47. The van der Waals surface area contributed by atoms with Gasteiger partial charge in [-0.25, -0.2) is 0 Å². The number of hydrogen-bond acceptors (Lipinski definition) is 3. The van der Waals surface area contributed by atoms with E-state index in [0.717, 1.165) is 18.1 Å². The van der Waals surface area contributed by atoms with Crippen molar-refractivity contribution in [2.45, 2.75) is 44.3 Å². The first kappa shape index (κ1) is 15.3. The lowest BCUT2D eigenvalue weighted by atomic mass is 9.94. The molecule has 3 rings (SSSR count). The Labute approximate surface area is 133 Å². The number of rotatable bonds is 3. The van der Waals surface area contributed by atoms with Crippen LogP contribution in [0, 0.1) is 0 Å². The number of nitrogens with zero attached hydrogens (tertiary/aromatic N) is 2. The molecule has 0 aromatic heterocycles. The molecule has 2 heterocycles. The van der Waals surface area contributed by atoms with Gasteiger partial charge in [-0.1, -0.05) is 36.2 Å². The van der Waals surface area contributed by atoms with E-state index in [2.05, 4.69) is 28.9 Å². The second kappa shape index (κ2) is 6.66. The molecule has 3 atom stereocenters. The average Bonchev–Trinajstić information content (AvgIpc) is 2.50. The van der Waals surface area contributed by atoms with Crippen molar-refractivity contribution in [2.75, 3.05) is 26.2 Å². The Balaban J connectivity index is 1.81. The van der Waals surface area contributed by atoms with Crippen molar-refractivity contribution in [1.29, 1.82) is 0 Å². The normalized spacial score (nSPS) is 29.1. The van der Waals surface area contributed by atoms with Gasteiger partial charge in [-0.15, -0.1) is 0 Å². The molecular formula is C17H26ClN3. The van der Waals surface area contributed by atoms with Crippen LogP contribution in [0.1, 0.15) is 37.8 Å². The molecule has 0 aliphatic carbocycles. The van der Waals surface area contributed by atoms with Gasteiger partial charge in [0.1, 0.15) is 0 Å². The van der Waals surface area contributed by atoms with Crippen LogP contribution in [0.4, 0.5) is 0 Å². The van der Waals surface area contributed by atoms with E-state index in [1.807, 2.05) is 12.1 Å². The van der Waals surface area contributed by atoms with E-state index >= 15 is 0 Å². The molecule has 1 aromatic carbocycles. The maximum absolute atomic E-state index is 6.41. The summed E-state index contributed by atoms with van der Waals surface area (Å²) in [6.45, 7) is 6.49. The van der Waals surface area contributed by atoms with E-state index in [4.69, 9.17) is 17.3 Å². The SMILES string of the molecule is CC1CN2CCCCC2CN1C(CN)c1ccccc1Cl. The lowest BCUT2D eigenvalue weighted by Gasteiger charge is -2.50. The fourth-order valence-corrected chi connectivity index (χ4v) is 4.26. The molecule has 0 spiro atoms. The van der Waals surface area contributed by atoms with E-state index in [0.29, 0.717) is 18.6 Å². The van der Waals surface area contributed by atoms with Gasteiger partial charge in [-0.3, -0.25) is 9.80 Å². The lowest BCUT2D eigenvalue weighted by Crippen LogP contribution is -2.60. The van der Waals surface area contributed by atoms with Crippen LogP contribution in [-0.4, -0.2) is 48.1 Å². The minimum absolute atomic E-state index is 0.234. The highest BCUT2D eigenvalue weighted by atomic mass is 35.5. The third-order valence-electron chi connectivity index (χ3n) is 5.12. The number of fused-ring (bicyclic) bond motifs is 1. The first-order valence-corrected chi connectivity index (χ1v) is 8.52. The Morgan fingerprint density at radius 2 is 2.10 bits per heavy atom. The van der Waals surface area contributed by atoms with Crippen LogP contribution < -0.4 is 5.73 Å². The first-order chi connectivity index (χ1) is 10.2. The molecule has 2 fully saturated rings. The van der Waals surface area contributed by atoms with Crippen molar-refractivity contribution < 1.29 is 0 Å². The molecule has 2 saturated heterocycles. The Morgan fingerprint density at radius 3 is 2.86 bits per heavy atom. The minimum Gasteiger partial charge on any atom is -0.329 e. The van der Waals surface area contributed by atoms with Crippen molar-refractivity contribution in [3.63, 3.8) is 0 Å². The van der Waals surface area contributed by atoms with E-state index in [1.54, 1.807) is 0 Å².